The van der Waals surface area contributed by atoms with Crippen molar-refractivity contribution < 1.29 is 27.5 Å². The zero-order valence-corrected chi connectivity index (χ0v) is 14.3. The Morgan fingerprint density at radius 2 is 2.00 bits per heavy atom. The number of rotatable bonds is 5. The molecular weight excluding hydrogens is 365 g/mol. The topological polar surface area (TPSA) is 68.3 Å². The fourth-order valence-electron chi connectivity index (χ4n) is 1.82. The van der Waals surface area contributed by atoms with E-state index in [1.165, 1.54) is 6.92 Å². The molecule has 2 aromatic rings. The number of halogens is 3. The van der Waals surface area contributed by atoms with Crippen molar-refractivity contribution in [2.75, 3.05) is 7.11 Å². The molecule has 0 aliphatic heterocycles. The smallest absolute Gasteiger partial charge is 0.432 e. The Bertz CT molecular complexity index is 730. The predicted molar refractivity (Wildman–Crippen MR) is 84.7 cm³/mol. The number of benzene rings is 1. The van der Waals surface area contributed by atoms with Gasteiger partial charge in [0.1, 0.15) is 0 Å². The molecule has 0 saturated heterocycles. The van der Waals surface area contributed by atoms with E-state index in [-0.39, 0.29) is 22.5 Å². The van der Waals surface area contributed by atoms with Crippen molar-refractivity contribution in [3.63, 3.8) is 0 Å². The molecule has 130 valence electrons. The molecule has 0 aliphatic rings. The Balaban J connectivity index is 2.50. The Hall–Kier alpha value is -1.81. The molecule has 1 N–H and O–H groups in total. The maximum absolute atomic E-state index is 13.7. The zero-order chi connectivity index (χ0) is 18.0. The fourth-order valence-corrected chi connectivity index (χ4v) is 4.18. The van der Waals surface area contributed by atoms with Crippen LogP contribution in [-0.4, -0.2) is 35.0 Å². The largest absolute Gasteiger partial charge is 0.466 e. The van der Waals surface area contributed by atoms with Crippen LogP contribution in [0.15, 0.2) is 28.6 Å². The van der Waals surface area contributed by atoms with Gasteiger partial charge < -0.3 is 10.1 Å². The molecule has 1 amide bonds. The van der Waals surface area contributed by atoms with Gasteiger partial charge in [0.15, 0.2) is 4.34 Å². The van der Waals surface area contributed by atoms with Crippen molar-refractivity contribution in [3.05, 3.63) is 24.3 Å². The lowest BCUT2D eigenvalue weighted by molar-refractivity contribution is -0.192. The van der Waals surface area contributed by atoms with Gasteiger partial charge in [-0.2, -0.15) is 13.2 Å². The summed E-state index contributed by atoms with van der Waals surface area (Å²) in [7, 11) is 0.833. The summed E-state index contributed by atoms with van der Waals surface area (Å²) in [5.41, 5.74) is 0.507. The van der Waals surface area contributed by atoms with Gasteiger partial charge in [0.2, 0.25) is 5.91 Å². The van der Waals surface area contributed by atoms with E-state index in [0.717, 1.165) is 18.4 Å². The van der Waals surface area contributed by atoms with Crippen LogP contribution in [0.5, 0.6) is 0 Å². The van der Waals surface area contributed by atoms with Crippen molar-refractivity contribution >= 4 is 45.2 Å². The number of thiazole rings is 1. The maximum atomic E-state index is 13.7. The second-order valence-corrected chi connectivity index (χ2v) is 7.11. The first-order chi connectivity index (χ1) is 11.2. The lowest BCUT2D eigenvalue weighted by atomic mass is 10.2. The third kappa shape index (κ3) is 3.48. The fraction of sp³-hybridized carbons (Fsp3) is 0.357. The number of hydrogen-bond donors (Lipinski definition) is 1. The van der Waals surface area contributed by atoms with Crippen molar-refractivity contribution in [2.45, 2.75) is 28.7 Å². The van der Waals surface area contributed by atoms with Gasteiger partial charge in [0.25, 0.3) is 4.87 Å². The summed E-state index contributed by atoms with van der Waals surface area (Å²) in [6.45, 7) is 1.39. The molecule has 0 fully saturated rings. The van der Waals surface area contributed by atoms with E-state index in [1.54, 1.807) is 29.6 Å². The van der Waals surface area contributed by atoms with E-state index in [0.29, 0.717) is 10.2 Å². The molecule has 10 heteroatoms. The number of carbonyl (C=O) groups excluding carboxylic acids is 2. The van der Waals surface area contributed by atoms with Gasteiger partial charge in [-0.25, -0.2) is 9.78 Å². The molecule has 0 saturated carbocycles. The van der Waals surface area contributed by atoms with E-state index in [1.807, 2.05) is 0 Å². The molecule has 1 heterocycles. The molecule has 5 nitrogen and oxygen atoms in total. The molecule has 0 bridgehead atoms. The van der Waals surface area contributed by atoms with Gasteiger partial charge >= 0.3 is 12.1 Å². The van der Waals surface area contributed by atoms with E-state index in [2.05, 4.69) is 9.72 Å². The van der Waals surface area contributed by atoms with Crippen LogP contribution in [0.4, 0.5) is 13.2 Å². The maximum Gasteiger partial charge on any atom is 0.432 e. The number of ether oxygens (including phenoxy) is 1. The monoisotopic (exact) mass is 378 g/mol. The molecule has 0 radical (unpaired) electrons. The van der Waals surface area contributed by atoms with E-state index in [4.69, 9.17) is 0 Å². The third-order valence-electron chi connectivity index (χ3n) is 3.02. The highest BCUT2D eigenvalue weighted by atomic mass is 32.2. The molecule has 1 unspecified atom stereocenters. The summed E-state index contributed by atoms with van der Waals surface area (Å²) >= 11 is 1.12. The van der Waals surface area contributed by atoms with Crippen molar-refractivity contribution in [3.8, 4) is 0 Å². The highest BCUT2D eigenvalue weighted by molar-refractivity contribution is 8.03. The number of para-hydroxylation sites is 1. The second kappa shape index (κ2) is 6.98. The lowest BCUT2D eigenvalue weighted by Gasteiger charge is -2.32. The first kappa shape index (κ1) is 18.5. The number of nitrogens with one attached hydrogen (secondary N) is 1. The minimum absolute atomic E-state index is 0.00433. The van der Waals surface area contributed by atoms with Gasteiger partial charge in [-0.3, -0.25) is 4.79 Å². The summed E-state index contributed by atoms with van der Waals surface area (Å²) in [4.78, 5) is 24.4. The van der Waals surface area contributed by atoms with Crippen molar-refractivity contribution in [1.29, 1.82) is 0 Å². The van der Waals surface area contributed by atoms with E-state index < -0.39 is 22.9 Å². The highest BCUT2D eigenvalue weighted by Gasteiger charge is 2.64. The summed E-state index contributed by atoms with van der Waals surface area (Å²) in [6.07, 6.45) is -5.29. The van der Waals surface area contributed by atoms with Crippen LogP contribution in [-0.2, 0) is 14.3 Å². The zero-order valence-electron chi connectivity index (χ0n) is 12.6. The standard InChI is InChI=1S/C14H13F3N2O3S2/c1-3-10(20)19-13(11(21)22-2,14(15,16)17)24-12-18-8-6-4-5-7-9(8)23-12/h4-7H,3H2,1-2H3,(H,19,20). The average Bonchev–Trinajstić information content (AvgIpc) is 2.94. The normalized spacial score (nSPS) is 14.2. The molecule has 0 spiro atoms. The lowest BCUT2D eigenvalue weighted by Crippen LogP contribution is -2.62. The summed E-state index contributed by atoms with van der Waals surface area (Å²) < 4.78 is 46.1. The molecule has 2 rings (SSSR count). The number of carbonyl (C=O) groups is 2. The van der Waals surface area contributed by atoms with E-state index in [9.17, 15) is 22.8 Å². The highest BCUT2D eigenvalue weighted by Crippen LogP contribution is 2.46. The number of methoxy groups -OCH3 is 1. The molecule has 24 heavy (non-hydrogen) atoms. The average molecular weight is 378 g/mol. The van der Waals surface area contributed by atoms with Crippen LogP contribution in [0.3, 0.4) is 0 Å². The van der Waals surface area contributed by atoms with Gasteiger partial charge in [0.05, 0.1) is 17.3 Å². The number of aromatic nitrogens is 1. The molecule has 1 aromatic heterocycles. The van der Waals surface area contributed by atoms with Gasteiger partial charge in [-0.1, -0.05) is 19.1 Å². The Kier molecular flexibility index (Phi) is 5.38. The number of alkyl halides is 3. The minimum Gasteiger partial charge on any atom is -0.466 e. The summed E-state index contributed by atoms with van der Waals surface area (Å²) in [6, 6.07) is 6.78. The number of fused-ring (bicyclic) bond motifs is 1. The van der Waals surface area contributed by atoms with Crippen LogP contribution < -0.4 is 5.32 Å². The predicted octanol–water partition coefficient (Wildman–Crippen LogP) is 3.35. The Morgan fingerprint density at radius 3 is 2.54 bits per heavy atom. The number of esters is 1. The number of thioether (sulfide) groups is 1. The Morgan fingerprint density at radius 1 is 1.33 bits per heavy atom. The van der Waals surface area contributed by atoms with Crippen LogP contribution in [0, 0.1) is 0 Å². The second-order valence-electron chi connectivity index (χ2n) is 4.62. The van der Waals surface area contributed by atoms with Crippen molar-refractivity contribution in [2.24, 2.45) is 0 Å². The van der Waals surface area contributed by atoms with Gasteiger partial charge in [0, 0.05) is 6.42 Å². The Labute approximate surface area is 143 Å². The number of hydrogen-bond acceptors (Lipinski definition) is 6. The quantitative estimate of drug-likeness (QED) is 0.491. The van der Waals surface area contributed by atoms with Crippen LogP contribution in [0.2, 0.25) is 0 Å². The molecule has 1 aromatic carbocycles. The van der Waals surface area contributed by atoms with Gasteiger partial charge in [-0.05, 0) is 23.9 Å². The molecule has 1 atom stereocenters. The summed E-state index contributed by atoms with van der Waals surface area (Å²) in [5, 5.41) is 1.75. The summed E-state index contributed by atoms with van der Waals surface area (Å²) in [5.74, 6) is -2.53. The SMILES string of the molecule is CCC(=O)NC(Sc1nc2ccccc2s1)(C(=O)OC)C(F)(F)F. The number of amides is 1. The van der Waals surface area contributed by atoms with Crippen LogP contribution in [0.25, 0.3) is 10.2 Å². The van der Waals surface area contributed by atoms with Crippen molar-refractivity contribution in [1.82, 2.24) is 10.3 Å². The molecular formula is C14H13F3N2O3S2. The minimum atomic E-state index is -5.08. The third-order valence-corrected chi connectivity index (χ3v) is 5.43. The van der Waals surface area contributed by atoms with E-state index >= 15 is 0 Å². The van der Waals surface area contributed by atoms with Gasteiger partial charge in [-0.15, -0.1) is 11.3 Å². The first-order valence-corrected chi connectivity index (χ1v) is 8.37. The molecule has 0 aliphatic carbocycles. The first-order valence-electron chi connectivity index (χ1n) is 6.74. The van der Waals surface area contributed by atoms with Crippen LogP contribution in [0.1, 0.15) is 13.3 Å². The van der Waals surface area contributed by atoms with Crippen LogP contribution >= 0.6 is 23.1 Å². The number of nitrogens with zero attached hydrogens (tertiary/aromatic N) is 1.